The molecule has 27 heavy (non-hydrogen) atoms. The molecule has 1 atom stereocenters. The van der Waals surface area contributed by atoms with Gasteiger partial charge in [-0.15, -0.1) is 12.6 Å². The van der Waals surface area contributed by atoms with E-state index in [9.17, 15) is 9.59 Å². The largest absolute Gasteiger partial charge is 0.368 e. The van der Waals surface area contributed by atoms with E-state index in [-0.39, 0.29) is 23.2 Å². The van der Waals surface area contributed by atoms with E-state index in [0.29, 0.717) is 10.7 Å². The summed E-state index contributed by atoms with van der Waals surface area (Å²) in [5, 5.41) is 14.1. The van der Waals surface area contributed by atoms with Crippen molar-refractivity contribution in [2.24, 2.45) is 22.8 Å². The first-order valence-corrected chi connectivity index (χ1v) is 8.92. The van der Waals surface area contributed by atoms with Crippen molar-refractivity contribution in [2.45, 2.75) is 39.7 Å². The third-order valence-corrected chi connectivity index (χ3v) is 4.25. The zero-order valence-corrected chi connectivity index (χ0v) is 16.4. The van der Waals surface area contributed by atoms with Crippen molar-refractivity contribution in [1.82, 2.24) is 9.97 Å². The fraction of sp³-hybridized carbons (Fsp3) is 0.471. The lowest BCUT2D eigenvalue weighted by molar-refractivity contribution is -0.120. The number of amides is 2. The minimum atomic E-state index is -0.766. The summed E-state index contributed by atoms with van der Waals surface area (Å²) in [5.74, 6) is -0.719. The summed E-state index contributed by atoms with van der Waals surface area (Å²) >= 11 is 4.30. The molecule has 0 aromatic carbocycles. The average Bonchev–Trinajstić information content (AvgIpc) is 3.35. The molecule has 1 fully saturated rings. The predicted molar refractivity (Wildman–Crippen MR) is 108 cm³/mol. The highest BCUT2D eigenvalue weighted by molar-refractivity contribution is 7.84. The molecule has 146 valence electrons. The Labute approximate surface area is 163 Å². The molecule has 9 nitrogen and oxygen atoms in total. The highest BCUT2D eigenvalue weighted by Gasteiger charge is 2.30. The van der Waals surface area contributed by atoms with E-state index in [1.165, 1.54) is 6.20 Å². The fourth-order valence-corrected chi connectivity index (χ4v) is 2.65. The lowest BCUT2D eigenvalue weighted by Gasteiger charge is -2.29. The number of thiol groups is 1. The Hall–Kier alpha value is -2.62. The molecule has 0 radical (unpaired) electrons. The summed E-state index contributed by atoms with van der Waals surface area (Å²) in [5.41, 5.74) is 10.7. The lowest BCUT2D eigenvalue weighted by atomic mass is 9.86. The maximum atomic E-state index is 11.8. The predicted octanol–water partition coefficient (Wildman–Crippen LogP) is 1.50. The minimum Gasteiger partial charge on any atom is -0.368 e. The van der Waals surface area contributed by atoms with Crippen LogP contribution in [0.1, 0.15) is 44.1 Å². The van der Waals surface area contributed by atoms with E-state index in [2.05, 4.69) is 33.2 Å². The van der Waals surface area contributed by atoms with Gasteiger partial charge in [0.2, 0.25) is 5.91 Å². The van der Waals surface area contributed by atoms with Crippen LogP contribution in [0.2, 0.25) is 0 Å². The molecule has 0 bridgehead atoms. The van der Waals surface area contributed by atoms with Crippen LogP contribution in [-0.4, -0.2) is 33.5 Å². The second-order valence-corrected chi connectivity index (χ2v) is 8.03. The Balaban J connectivity index is 2.29. The number of carbonyl (C=O) groups is 2. The van der Waals surface area contributed by atoms with Crippen molar-refractivity contribution >= 4 is 41.8 Å². The summed E-state index contributed by atoms with van der Waals surface area (Å²) in [7, 11) is 0. The van der Waals surface area contributed by atoms with Crippen LogP contribution in [0.15, 0.2) is 17.3 Å². The molecule has 0 unspecified atom stereocenters. The van der Waals surface area contributed by atoms with Gasteiger partial charge in [-0.05, 0) is 24.3 Å². The fourth-order valence-electron chi connectivity index (χ4n) is 2.41. The highest BCUT2D eigenvalue weighted by atomic mass is 32.1. The SMILES string of the molecule is CC(C)(C)[C@@H](Nc1cnc(C(N)=O)c(N/C(S)=C/C(=N)C2CC2)n1)C(N)=O. The molecule has 2 amide bonds. The molecule has 1 aliphatic rings. The standard InChI is InChI=1S/C17H25N7O2S/c1-17(2,3)13(15(20)26)22-10-7-21-12(14(19)25)16(23-10)24-11(27)6-9(18)8-4-5-8/h6-8,13,18,27H,4-5H2,1-3H3,(H2,19,25)(H2,20,26)(H2,22,23,24)/b11-6-,18-9?/t13-/m0/s1. The maximum Gasteiger partial charge on any atom is 0.271 e. The first-order valence-electron chi connectivity index (χ1n) is 8.48. The zero-order chi connectivity index (χ0) is 20.4. The molecule has 1 aliphatic carbocycles. The summed E-state index contributed by atoms with van der Waals surface area (Å²) in [6.07, 6.45) is 4.85. The molecule has 10 heteroatoms. The molecule has 1 saturated carbocycles. The normalized spacial score (nSPS) is 15.8. The number of rotatable bonds is 8. The molecule has 1 aromatic rings. The molecule has 1 aromatic heterocycles. The Kier molecular flexibility index (Phi) is 6.09. The number of nitrogens with two attached hydrogens (primary N) is 2. The summed E-state index contributed by atoms with van der Waals surface area (Å²) in [6, 6.07) is -0.701. The van der Waals surface area contributed by atoms with Gasteiger partial charge in [0.15, 0.2) is 11.5 Å². The third-order valence-electron chi connectivity index (χ3n) is 4.00. The number of primary amides is 2. The highest BCUT2D eigenvalue weighted by Crippen LogP contribution is 2.31. The number of allylic oxidation sites excluding steroid dienone is 1. The lowest BCUT2D eigenvalue weighted by Crippen LogP contribution is -2.45. The first kappa shape index (κ1) is 20.7. The Morgan fingerprint density at radius 3 is 2.48 bits per heavy atom. The molecule has 0 spiro atoms. The molecule has 7 N–H and O–H groups in total. The number of anilines is 2. The minimum absolute atomic E-state index is 0.0782. The van der Waals surface area contributed by atoms with Crippen LogP contribution in [0.25, 0.3) is 0 Å². The van der Waals surface area contributed by atoms with Gasteiger partial charge < -0.3 is 27.5 Å². The number of aromatic nitrogens is 2. The summed E-state index contributed by atoms with van der Waals surface area (Å²) in [4.78, 5) is 31.7. The molecule has 2 rings (SSSR count). The quantitative estimate of drug-likeness (QED) is 0.291. The van der Waals surface area contributed by atoms with Crippen LogP contribution in [0.3, 0.4) is 0 Å². The van der Waals surface area contributed by atoms with E-state index in [1.54, 1.807) is 6.08 Å². The van der Waals surface area contributed by atoms with E-state index in [4.69, 9.17) is 16.9 Å². The van der Waals surface area contributed by atoms with Crippen molar-refractivity contribution in [3.05, 3.63) is 23.0 Å². The van der Waals surface area contributed by atoms with Gasteiger partial charge in [-0.25, -0.2) is 9.97 Å². The Morgan fingerprint density at radius 2 is 2.00 bits per heavy atom. The van der Waals surface area contributed by atoms with Crippen molar-refractivity contribution in [1.29, 1.82) is 5.41 Å². The number of nitrogens with zero attached hydrogens (tertiary/aromatic N) is 2. The van der Waals surface area contributed by atoms with Gasteiger partial charge in [0, 0.05) is 11.6 Å². The van der Waals surface area contributed by atoms with E-state index >= 15 is 0 Å². The van der Waals surface area contributed by atoms with E-state index in [0.717, 1.165) is 12.8 Å². The number of hydrogen-bond acceptors (Lipinski definition) is 8. The van der Waals surface area contributed by atoms with Gasteiger partial charge in [-0.1, -0.05) is 20.8 Å². The molecular weight excluding hydrogens is 366 g/mol. The van der Waals surface area contributed by atoms with Gasteiger partial charge in [0.05, 0.1) is 11.2 Å². The van der Waals surface area contributed by atoms with E-state index in [1.807, 2.05) is 20.8 Å². The van der Waals surface area contributed by atoms with E-state index < -0.39 is 23.3 Å². The number of nitrogens with one attached hydrogen (secondary N) is 3. The second kappa shape index (κ2) is 7.95. The van der Waals surface area contributed by atoms with Gasteiger partial charge >= 0.3 is 0 Å². The zero-order valence-electron chi connectivity index (χ0n) is 15.5. The number of hydrogen-bond donors (Lipinski definition) is 6. The summed E-state index contributed by atoms with van der Waals surface area (Å²) in [6.45, 7) is 5.58. The van der Waals surface area contributed by atoms with Crippen molar-refractivity contribution in [3.63, 3.8) is 0 Å². The summed E-state index contributed by atoms with van der Waals surface area (Å²) < 4.78 is 0. The average molecular weight is 392 g/mol. The van der Waals surface area contributed by atoms with Gasteiger partial charge in [-0.3, -0.25) is 9.59 Å². The maximum absolute atomic E-state index is 11.8. The molecule has 0 aliphatic heterocycles. The number of carbonyl (C=O) groups excluding carboxylic acids is 2. The second-order valence-electron chi connectivity index (χ2n) is 7.55. The van der Waals surface area contributed by atoms with Crippen LogP contribution < -0.4 is 22.1 Å². The van der Waals surface area contributed by atoms with Crippen LogP contribution in [0.4, 0.5) is 11.6 Å². The van der Waals surface area contributed by atoms with Crippen LogP contribution in [0, 0.1) is 16.7 Å². The molecule has 1 heterocycles. The van der Waals surface area contributed by atoms with Gasteiger partial charge in [-0.2, -0.15) is 0 Å². The van der Waals surface area contributed by atoms with Crippen molar-refractivity contribution in [3.8, 4) is 0 Å². The smallest absolute Gasteiger partial charge is 0.271 e. The topological polar surface area (TPSA) is 160 Å². The van der Waals surface area contributed by atoms with Crippen LogP contribution >= 0.6 is 12.6 Å². The van der Waals surface area contributed by atoms with Crippen molar-refractivity contribution in [2.75, 3.05) is 10.6 Å². The molecular formula is C17H25N7O2S. The monoisotopic (exact) mass is 391 g/mol. The van der Waals surface area contributed by atoms with Gasteiger partial charge in [0.1, 0.15) is 11.9 Å². The third kappa shape index (κ3) is 5.68. The van der Waals surface area contributed by atoms with Crippen LogP contribution in [0.5, 0.6) is 0 Å². The Bertz CT molecular complexity index is 797. The Morgan fingerprint density at radius 1 is 1.37 bits per heavy atom. The molecule has 0 saturated heterocycles. The first-order chi connectivity index (χ1) is 12.5. The van der Waals surface area contributed by atoms with Crippen LogP contribution in [-0.2, 0) is 4.79 Å². The van der Waals surface area contributed by atoms with Gasteiger partial charge in [0.25, 0.3) is 5.91 Å². The van der Waals surface area contributed by atoms with Crippen molar-refractivity contribution < 1.29 is 9.59 Å².